The average Bonchev–Trinajstić information content (AvgIpc) is 2.61. The first-order chi connectivity index (χ1) is 11.6. The van der Waals surface area contributed by atoms with E-state index < -0.39 is 0 Å². The third-order valence-electron chi connectivity index (χ3n) is 4.22. The van der Waals surface area contributed by atoms with Crippen molar-refractivity contribution in [1.29, 1.82) is 0 Å². The van der Waals surface area contributed by atoms with Crippen LogP contribution in [0, 0.1) is 20.8 Å². The molecule has 1 aliphatic rings. The van der Waals surface area contributed by atoms with Crippen molar-refractivity contribution < 1.29 is 4.57 Å². The van der Waals surface area contributed by atoms with E-state index in [1.54, 1.807) is 0 Å². The Hall–Kier alpha value is -2.24. The first-order valence-corrected chi connectivity index (χ1v) is 8.57. The molecule has 1 unspecified atom stereocenters. The van der Waals surface area contributed by atoms with E-state index in [4.69, 9.17) is 4.57 Å². The minimum Gasteiger partial charge on any atom is -0.0801 e. The number of allylic oxidation sites excluding steroid dienone is 5. The summed E-state index contributed by atoms with van der Waals surface area (Å²) in [5.74, 6) is 0. The maximum absolute atomic E-state index is 8.17. The maximum atomic E-state index is 8.17. The second kappa shape index (κ2) is 8.57. The Bertz CT molecular complexity index is 775. The molecule has 0 spiro atoms. The molecule has 1 aliphatic carbocycles. The molecule has 122 valence electrons. The van der Waals surface area contributed by atoms with Gasteiger partial charge in [-0.15, -0.1) is 0 Å². The van der Waals surface area contributed by atoms with Gasteiger partial charge in [0.15, 0.2) is 0 Å². The summed E-state index contributed by atoms with van der Waals surface area (Å²) < 4.78 is 8.17. The minimum absolute atomic E-state index is 0.994. The molecule has 0 fully saturated rings. The van der Waals surface area contributed by atoms with E-state index in [-0.39, 0.29) is 0 Å². The van der Waals surface area contributed by atoms with Crippen LogP contribution in [0.5, 0.6) is 0 Å². The standard InChI is InChI=1S/C22H22.H2OP/c1-16-13-17(2)22(18(3)14-16)15-20-11-7-8-12-21(20)19-9-5-4-6-10-19;1-2/h4-10,12-15H,11H2,1-3H3;2H2/q;+1. The van der Waals surface area contributed by atoms with Crippen LogP contribution in [0.4, 0.5) is 0 Å². The van der Waals surface area contributed by atoms with E-state index in [1.807, 2.05) is 0 Å². The predicted molar refractivity (Wildman–Crippen MR) is 107 cm³/mol. The molecule has 0 saturated carbocycles. The molecule has 0 amide bonds. The van der Waals surface area contributed by atoms with Crippen LogP contribution in [0.2, 0.25) is 0 Å². The van der Waals surface area contributed by atoms with E-state index in [9.17, 15) is 0 Å². The highest BCUT2D eigenvalue weighted by molar-refractivity contribution is 7.00. The molecule has 2 heteroatoms. The molecular formula is C22H24OP+. The molecule has 1 atom stereocenters. The number of hydrogen-bond donors (Lipinski definition) is 0. The Labute approximate surface area is 147 Å². The number of hydrogen-bond acceptors (Lipinski definition) is 1. The summed E-state index contributed by atoms with van der Waals surface area (Å²) in [4.78, 5) is 0. The average molecular weight is 335 g/mol. The normalized spacial score (nSPS) is 14.8. The first kappa shape index (κ1) is 18.1. The first-order valence-electron chi connectivity index (χ1n) is 8.10. The number of rotatable bonds is 2. The molecule has 0 N–H and O–H groups in total. The smallest absolute Gasteiger partial charge is 0.0801 e. The molecule has 0 radical (unpaired) electrons. The third-order valence-corrected chi connectivity index (χ3v) is 4.22. The van der Waals surface area contributed by atoms with Crippen LogP contribution in [-0.2, 0) is 4.57 Å². The molecule has 0 aromatic heterocycles. The van der Waals surface area contributed by atoms with Crippen molar-refractivity contribution >= 4 is 20.8 Å². The lowest BCUT2D eigenvalue weighted by Gasteiger charge is -2.16. The molecule has 0 aliphatic heterocycles. The van der Waals surface area contributed by atoms with Crippen LogP contribution < -0.4 is 0 Å². The number of aryl methyl sites for hydroxylation is 3. The van der Waals surface area contributed by atoms with Crippen LogP contribution >= 0.6 is 9.12 Å². The van der Waals surface area contributed by atoms with Gasteiger partial charge in [-0.2, -0.15) is 0 Å². The van der Waals surface area contributed by atoms with E-state index in [1.165, 1.54) is 48.1 Å². The highest BCUT2D eigenvalue weighted by Gasteiger charge is 2.11. The summed E-state index contributed by atoms with van der Waals surface area (Å²) in [6.45, 7) is 6.57. The van der Waals surface area contributed by atoms with Gasteiger partial charge in [-0.1, -0.05) is 76.9 Å². The lowest BCUT2D eigenvalue weighted by Crippen LogP contribution is -1.95. The Kier molecular flexibility index (Phi) is 6.46. The molecule has 24 heavy (non-hydrogen) atoms. The van der Waals surface area contributed by atoms with Gasteiger partial charge in [-0.25, -0.2) is 0 Å². The zero-order valence-corrected chi connectivity index (χ0v) is 15.7. The number of benzene rings is 2. The SMILES string of the molecule is Cc1cc(C)c(C=C2CC=CC=C2c2ccccc2)c(C)c1.O=[PH2+]. The highest BCUT2D eigenvalue weighted by atomic mass is 31.0. The van der Waals surface area contributed by atoms with Gasteiger partial charge in [-0.3, -0.25) is 0 Å². The van der Waals surface area contributed by atoms with Crippen molar-refractivity contribution in [2.45, 2.75) is 27.2 Å². The summed E-state index contributed by atoms with van der Waals surface area (Å²) in [5.41, 5.74) is 9.42. The van der Waals surface area contributed by atoms with E-state index >= 15 is 0 Å². The minimum atomic E-state index is 0.994. The molecule has 0 heterocycles. The van der Waals surface area contributed by atoms with Gasteiger partial charge in [0.2, 0.25) is 0 Å². The second-order valence-electron chi connectivity index (χ2n) is 6.06. The molecule has 0 saturated heterocycles. The maximum Gasteiger partial charge on any atom is 0.310 e. The summed E-state index contributed by atoms with van der Waals surface area (Å²) in [5, 5.41) is 0. The van der Waals surface area contributed by atoms with Crippen LogP contribution in [-0.4, -0.2) is 0 Å². The third kappa shape index (κ3) is 4.19. The zero-order chi connectivity index (χ0) is 17.5. The van der Waals surface area contributed by atoms with Gasteiger partial charge >= 0.3 is 9.12 Å². The lowest BCUT2D eigenvalue weighted by molar-refractivity contribution is 0.607. The molecule has 2 aromatic rings. The van der Waals surface area contributed by atoms with Crippen molar-refractivity contribution in [2.24, 2.45) is 0 Å². The van der Waals surface area contributed by atoms with Gasteiger partial charge in [-0.05, 0) is 60.6 Å². The molecule has 2 aromatic carbocycles. The fourth-order valence-corrected chi connectivity index (χ4v) is 3.21. The van der Waals surface area contributed by atoms with E-state index in [2.05, 4.69) is 87.5 Å². The van der Waals surface area contributed by atoms with Crippen molar-refractivity contribution in [3.8, 4) is 0 Å². The Morgan fingerprint density at radius 2 is 1.58 bits per heavy atom. The fourth-order valence-electron chi connectivity index (χ4n) is 3.21. The van der Waals surface area contributed by atoms with Crippen molar-refractivity contribution in [2.75, 3.05) is 0 Å². The Morgan fingerprint density at radius 3 is 2.21 bits per heavy atom. The van der Waals surface area contributed by atoms with Gasteiger partial charge < -0.3 is 0 Å². The van der Waals surface area contributed by atoms with Gasteiger partial charge in [0.1, 0.15) is 0 Å². The summed E-state index contributed by atoms with van der Waals surface area (Å²) in [6, 6.07) is 15.2. The van der Waals surface area contributed by atoms with Crippen LogP contribution in [0.25, 0.3) is 11.6 Å². The van der Waals surface area contributed by atoms with Gasteiger partial charge in [0, 0.05) is 0 Å². The van der Waals surface area contributed by atoms with Crippen LogP contribution in [0.1, 0.15) is 34.2 Å². The van der Waals surface area contributed by atoms with Crippen molar-refractivity contribution in [3.05, 3.63) is 94.1 Å². The Balaban J connectivity index is 0.00000100. The molecule has 1 nitrogen and oxygen atoms in total. The highest BCUT2D eigenvalue weighted by Crippen LogP contribution is 2.32. The summed E-state index contributed by atoms with van der Waals surface area (Å²) in [6.07, 6.45) is 9.98. The largest absolute Gasteiger partial charge is 0.310 e. The van der Waals surface area contributed by atoms with Gasteiger partial charge in [0.05, 0.1) is 0 Å². The van der Waals surface area contributed by atoms with E-state index in [0.717, 1.165) is 6.42 Å². The zero-order valence-electron chi connectivity index (χ0n) is 14.5. The Morgan fingerprint density at radius 1 is 0.958 bits per heavy atom. The van der Waals surface area contributed by atoms with Crippen molar-refractivity contribution in [3.63, 3.8) is 0 Å². The summed E-state index contributed by atoms with van der Waals surface area (Å²) in [7, 11) is 1.17. The monoisotopic (exact) mass is 335 g/mol. The topological polar surface area (TPSA) is 17.1 Å². The van der Waals surface area contributed by atoms with Crippen molar-refractivity contribution in [1.82, 2.24) is 0 Å². The molecule has 3 rings (SSSR count). The lowest BCUT2D eigenvalue weighted by atomic mass is 9.89. The fraction of sp³-hybridized carbons (Fsp3) is 0.182. The summed E-state index contributed by atoms with van der Waals surface area (Å²) >= 11 is 0. The van der Waals surface area contributed by atoms with Crippen LogP contribution in [0.3, 0.4) is 0 Å². The quantitative estimate of drug-likeness (QED) is 0.593. The van der Waals surface area contributed by atoms with Gasteiger partial charge in [0.25, 0.3) is 0 Å². The molecular weight excluding hydrogens is 311 g/mol. The van der Waals surface area contributed by atoms with E-state index in [0.29, 0.717) is 0 Å². The second-order valence-corrected chi connectivity index (χ2v) is 6.06. The van der Waals surface area contributed by atoms with Crippen LogP contribution in [0.15, 0.2) is 66.3 Å². The predicted octanol–water partition coefficient (Wildman–Crippen LogP) is 6.25. The molecule has 0 bridgehead atoms.